The Balaban J connectivity index is 2.22. The molecule has 0 aliphatic carbocycles. The summed E-state index contributed by atoms with van der Waals surface area (Å²) in [7, 11) is -1.88. The van der Waals surface area contributed by atoms with Gasteiger partial charge in [-0.3, -0.25) is 0 Å². The highest BCUT2D eigenvalue weighted by molar-refractivity contribution is 7.89. The first-order valence-corrected chi connectivity index (χ1v) is 7.72. The van der Waals surface area contributed by atoms with Crippen molar-refractivity contribution in [1.29, 1.82) is 0 Å². The summed E-state index contributed by atoms with van der Waals surface area (Å²) in [5, 5.41) is 2.92. The first-order valence-electron chi connectivity index (χ1n) is 6.23. The molecule has 1 unspecified atom stereocenters. The molecule has 20 heavy (non-hydrogen) atoms. The number of furan rings is 2. The van der Waals surface area contributed by atoms with E-state index in [1.54, 1.807) is 33.0 Å². The number of aryl methyl sites for hydroxylation is 1. The monoisotopic (exact) mass is 298 g/mol. The molecule has 0 aliphatic heterocycles. The van der Waals surface area contributed by atoms with Gasteiger partial charge in [-0.2, -0.15) is 0 Å². The zero-order valence-electron chi connectivity index (χ0n) is 11.6. The Labute approximate surface area is 118 Å². The van der Waals surface area contributed by atoms with Gasteiger partial charge in [0.1, 0.15) is 22.2 Å². The maximum atomic E-state index is 12.3. The van der Waals surface area contributed by atoms with Gasteiger partial charge in [0.2, 0.25) is 10.0 Å². The minimum atomic E-state index is -3.65. The molecule has 2 heterocycles. The first-order chi connectivity index (χ1) is 9.44. The molecule has 2 aromatic rings. The van der Waals surface area contributed by atoms with Gasteiger partial charge in [-0.05, 0) is 33.0 Å². The van der Waals surface area contributed by atoms with Crippen LogP contribution in [0.1, 0.15) is 30.2 Å². The van der Waals surface area contributed by atoms with Gasteiger partial charge in [-0.1, -0.05) is 0 Å². The summed E-state index contributed by atoms with van der Waals surface area (Å²) in [6.07, 6.45) is 1.51. The van der Waals surface area contributed by atoms with Crippen LogP contribution in [-0.2, 0) is 16.6 Å². The van der Waals surface area contributed by atoms with Crippen LogP contribution < -0.4 is 10.0 Å². The molecule has 0 amide bonds. The Morgan fingerprint density at radius 3 is 2.75 bits per heavy atom. The summed E-state index contributed by atoms with van der Waals surface area (Å²) >= 11 is 0. The van der Waals surface area contributed by atoms with Crippen molar-refractivity contribution in [2.75, 3.05) is 7.05 Å². The largest absolute Gasteiger partial charge is 0.468 e. The van der Waals surface area contributed by atoms with Gasteiger partial charge in [0.05, 0.1) is 18.8 Å². The normalized spacial score (nSPS) is 13.6. The van der Waals surface area contributed by atoms with Crippen LogP contribution in [0.5, 0.6) is 0 Å². The summed E-state index contributed by atoms with van der Waals surface area (Å²) in [5.41, 5.74) is 0. The Morgan fingerprint density at radius 2 is 2.15 bits per heavy atom. The zero-order valence-corrected chi connectivity index (χ0v) is 12.5. The standard InChI is InChI=1S/C13H18N2O4S/c1-9(12-5-4-6-18-12)15-20(16,17)13-7-11(8-14-3)19-10(13)2/h4-7,9,14-15H,8H2,1-3H3. The van der Waals surface area contributed by atoms with Crippen LogP contribution in [0.15, 0.2) is 38.2 Å². The average Bonchev–Trinajstić information content (AvgIpc) is 2.98. The summed E-state index contributed by atoms with van der Waals surface area (Å²) < 4.78 is 37.9. The topological polar surface area (TPSA) is 84.5 Å². The fraction of sp³-hybridized carbons (Fsp3) is 0.385. The summed E-state index contributed by atoms with van der Waals surface area (Å²) in [5.74, 6) is 1.51. The fourth-order valence-electron chi connectivity index (χ4n) is 1.94. The lowest BCUT2D eigenvalue weighted by Crippen LogP contribution is -2.26. The van der Waals surface area contributed by atoms with E-state index in [9.17, 15) is 8.42 Å². The highest BCUT2D eigenvalue weighted by atomic mass is 32.2. The highest BCUT2D eigenvalue weighted by Crippen LogP contribution is 2.22. The lowest BCUT2D eigenvalue weighted by molar-refractivity contribution is 0.455. The van der Waals surface area contributed by atoms with Crippen LogP contribution in [0.2, 0.25) is 0 Å². The maximum Gasteiger partial charge on any atom is 0.244 e. The second-order valence-corrected chi connectivity index (χ2v) is 6.20. The molecule has 2 aromatic heterocycles. The highest BCUT2D eigenvalue weighted by Gasteiger charge is 2.24. The number of hydrogen-bond acceptors (Lipinski definition) is 5. The van der Waals surface area contributed by atoms with Crippen LogP contribution in [0.25, 0.3) is 0 Å². The smallest absolute Gasteiger partial charge is 0.244 e. The maximum absolute atomic E-state index is 12.3. The van der Waals surface area contributed by atoms with Gasteiger partial charge in [0.15, 0.2) is 0 Å². The number of rotatable bonds is 6. The third-order valence-corrected chi connectivity index (χ3v) is 4.51. The average molecular weight is 298 g/mol. The van der Waals surface area contributed by atoms with Crippen molar-refractivity contribution < 1.29 is 17.3 Å². The van der Waals surface area contributed by atoms with Crippen LogP contribution in [0, 0.1) is 6.92 Å². The van der Waals surface area contributed by atoms with Crippen molar-refractivity contribution in [3.05, 3.63) is 41.7 Å². The molecule has 6 nitrogen and oxygen atoms in total. The van der Waals surface area contributed by atoms with Gasteiger partial charge >= 0.3 is 0 Å². The molecule has 1 atom stereocenters. The first kappa shape index (κ1) is 14.8. The predicted molar refractivity (Wildman–Crippen MR) is 73.7 cm³/mol. The van der Waals surface area contributed by atoms with Crippen LogP contribution in [-0.4, -0.2) is 15.5 Å². The molecular formula is C13H18N2O4S. The van der Waals surface area contributed by atoms with E-state index >= 15 is 0 Å². The molecular weight excluding hydrogens is 280 g/mol. The Hall–Kier alpha value is -1.57. The number of sulfonamides is 1. The van der Waals surface area contributed by atoms with Gasteiger partial charge < -0.3 is 14.2 Å². The Bertz CT molecular complexity index is 659. The molecule has 0 fully saturated rings. The third kappa shape index (κ3) is 3.12. The zero-order chi connectivity index (χ0) is 14.8. The second kappa shape index (κ2) is 5.82. The van der Waals surface area contributed by atoms with Crippen molar-refractivity contribution in [3.8, 4) is 0 Å². The predicted octanol–water partition coefficient (Wildman–Crippen LogP) is 1.94. The quantitative estimate of drug-likeness (QED) is 0.851. The fourth-order valence-corrected chi connectivity index (χ4v) is 3.36. The van der Waals surface area contributed by atoms with Crippen LogP contribution in [0.3, 0.4) is 0 Å². The van der Waals surface area contributed by atoms with Gasteiger partial charge in [-0.25, -0.2) is 13.1 Å². The van der Waals surface area contributed by atoms with E-state index < -0.39 is 16.1 Å². The van der Waals surface area contributed by atoms with E-state index in [1.165, 1.54) is 12.3 Å². The van der Waals surface area contributed by atoms with E-state index in [-0.39, 0.29) is 4.90 Å². The van der Waals surface area contributed by atoms with E-state index in [0.29, 0.717) is 23.8 Å². The Morgan fingerprint density at radius 1 is 1.40 bits per heavy atom. The summed E-state index contributed by atoms with van der Waals surface area (Å²) in [4.78, 5) is 0.154. The Kier molecular flexibility index (Phi) is 4.32. The molecule has 0 spiro atoms. The van der Waals surface area contributed by atoms with E-state index in [0.717, 1.165) is 0 Å². The molecule has 0 saturated heterocycles. The summed E-state index contributed by atoms with van der Waals surface area (Å²) in [6, 6.07) is 4.52. The number of nitrogens with one attached hydrogen (secondary N) is 2. The van der Waals surface area contributed by atoms with E-state index in [4.69, 9.17) is 8.83 Å². The van der Waals surface area contributed by atoms with Crippen molar-refractivity contribution >= 4 is 10.0 Å². The molecule has 110 valence electrons. The van der Waals surface area contributed by atoms with Crippen molar-refractivity contribution in [3.63, 3.8) is 0 Å². The van der Waals surface area contributed by atoms with Gasteiger partial charge in [0, 0.05) is 6.07 Å². The molecule has 0 bridgehead atoms. The minimum Gasteiger partial charge on any atom is -0.468 e. The van der Waals surface area contributed by atoms with Crippen LogP contribution in [0.4, 0.5) is 0 Å². The molecule has 0 radical (unpaired) electrons. The SMILES string of the molecule is CNCc1cc(S(=O)(=O)NC(C)c2ccco2)c(C)o1. The third-order valence-electron chi connectivity index (χ3n) is 2.87. The number of hydrogen-bond donors (Lipinski definition) is 2. The summed E-state index contributed by atoms with van der Waals surface area (Å²) in [6.45, 7) is 3.83. The van der Waals surface area contributed by atoms with E-state index in [1.807, 2.05) is 0 Å². The van der Waals surface area contributed by atoms with Gasteiger partial charge in [-0.15, -0.1) is 0 Å². The van der Waals surface area contributed by atoms with E-state index in [2.05, 4.69) is 10.0 Å². The van der Waals surface area contributed by atoms with Crippen molar-refractivity contribution in [2.24, 2.45) is 0 Å². The molecule has 0 aromatic carbocycles. The molecule has 0 saturated carbocycles. The van der Waals surface area contributed by atoms with Gasteiger partial charge in [0.25, 0.3) is 0 Å². The minimum absolute atomic E-state index is 0.154. The molecule has 2 rings (SSSR count). The van der Waals surface area contributed by atoms with Crippen molar-refractivity contribution in [1.82, 2.24) is 10.0 Å². The lowest BCUT2D eigenvalue weighted by Gasteiger charge is -2.11. The lowest BCUT2D eigenvalue weighted by atomic mass is 10.3. The van der Waals surface area contributed by atoms with Crippen molar-refractivity contribution in [2.45, 2.75) is 31.3 Å². The molecule has 0 aliphatic rings. The second-order valence-electron chi connectivity index (χ2n) is 4.52. The molecule has 7 heteroatoms. The van der Waals surface area contributed by atoms with Crippen LogP contribution >= 0.6 is 0 Å². The molecule has 2 N–H and O–H groups in total.